The molecule has 4 rings (SSSR count). The number of methoxy groups -OCH3 is 1. The van der Waals surface area contributed by atoms with Crippen LogP contribution in [0.3, 0.4) is 0 Å². The second-order valence-electron chi connectivity index (χ2n) is 6.80. The average molecular weight is 466 g/mol. The summed E-state index contributed by atoms with van der Waals surface area (Å²) in [4.78, 5) is 17.0. The normalized spacial score (nSPS) is 11.7. The lowest BCUT2D eigenvalue weighted by Gasteiger charge is -2.15. The van der Waals surface area contributed by atoms with Gasteiger partial charge in [-0.15, -0.1) is 10.2 Å². The maximum Gasteiger partial charge on any atom is 0.237 e. The van der Waals surface area contributed by atoms with E-state index < -0.39 is 5.25 Å². The molecule has 9 heteroatoms. The topological polar surface area (TPSA) is 81.9 Å². The standard InChI is InChI=1S/C23H20ClN5O2S/c1-15(22(30)26-19-5-3-4-6-20(19)31-2)32-23-28-27-21(16-11-13-25-14-12-16)29(23)18-9-7-17(24)8-10-18/h3-15H,1-2H3,(H,26,30)/t15-/m0/s1. The highest BCUT2D eigenvalue weighted by Crippen LogP contribution is 2.31. The van der Waals surface area contributed by atoms with Crippen LogP contribution < -0.4 is 10.1 Å². The molecule has 0 aliphatic carbocycles. The molecule has 0 fully saturated rings. The summed E-state index contributed by atoms with van der Waals surface area (Å²) in [6, 6.07) is 18.4. The molecule has 1 amide bonds. The third-order valence-corrected chi connectivity index (χ3v) is 5.97. The Morgan fingerprint density at radius 3 is 2.50 bits per heavy atom. The summed E-state index contributed by atoms with van der Waals surface area (Å²) in [6.45, 7) is 1.82. The molecule has 7 nitrogen and oxygen atoms in total. The van der Waals surface area contributed by atoms with E-state index in [0.29, 0.717) is 27.4 Å². The number of anilines is 1. The summed E-state index contributed by atoms with van der Waals surface area (Å²) in [5.41, 5.74) is 2.32. The Morgan fingerprint density at radius 2 is 1.78 bits per heavy atom. The van der Waals surface area contributed by atoms with Crippen LogP contribution in [0.1, 0.15) is 6.92 Å². The summed E-state index contributed by atoms with van der Waals surface area (Å²) in [5, 5.41) is 12.5. The molecule has 1 N–H and O–H groups in total. The number of pyridine rings is 1. The lowest BCUT2D eigenvalue weighted by Crippen LogP contribution is -2.23. The maximum atomic E-state index is 12.9. The fourth-order valence-electron chi connectivity index (χ4n) is 3.05. The van der Waals surface area contributed by atoms with Gasteiger partial charge in [-0.25, -0.2) is 0 Å². The zero-order valence-electron chi connectivity index (χ0n) is 17.4. The molecule has 1 atom stereocenters. The summed E-state index contributed by atoms with van der Waals surface area (Å²) in [7, 11) is 1.57. The van der Waals surface area contributed by atoms with Crippen molar-refractivity contribution in [3.63, 3.8) is 0 Å². The minimum Gasteiger partial charge on any atom is -0.495 e. The molecular formula is C23H20ClN5O2S. The van der Waals surface area contributed by atoms with E-state index in [4.69, 9.17) is 16.3 Å². The van der Waals surface area contributed by atoms with Crippen molar-refractivity contribution < 1.29 is 9.53 Å². The Kier molecular flexibility index (Phi) is 6.72. The van der Waals surface area contributed by atoms with Crippen LogP contribution in [-0.2, 0) is 4.79 Å². The van der Waals surface area contributed by atoms with Crippen molar-refractivity contribution in [2.45, 2.75) is 17.3 Å². The molecule has 162 valence electrons. The van der Waals surface area contributed by atoms with Crippen LogP contribution in [0.15, 0.2) is 78.2 Å². The molecule has 0 aliphatic heterocycles. The van der Waals surface area contributed by atoms with Crippen LogP contribution in [0.25, 0.3) is 17.1 Å². The van der Waals surface area contributed by atoms with Gasteiger partial charge in [0.25, 0.3) is 0 Å². The first kappa shape index (κ1) is 21.9. The van der Waals surface area contributed by atoms with E-state index >= 15 is 0 Å². The number of ether oxygens (including phenoxy) is 1. The van der Waals surface area contributed by atoms with E-state index in [1.807, 2.05) is 47.9 Å². The number of nitrogens with zero attached hydrogens (tertiary/aromatic N) is 4. The third-order valence-electron chi connectivity index (χ3n) is 4.67. The number of benzene rings is 2. The highest BCUT2D eigenvalue weighted by molar-refractivity contribution is 8.00. The SMILES string of the molecule is COc1ccccc1NC(=O)[C@H](C)Sc1nnc(-c2ccncc2)n1-c1ccc(Cl)cc1. The third kappa shape index (κ3) is 4.76. The Balaban J connectivity index is 1.64. The molecule has 4 aromatic rings. The Hall–Kier alpha value is -3.36. The van der Waals surface area contributed by atoms with Gasteiger partial charge >= 0.3 is 0 Å². The molecule has 0 unspecified atom stereocenters. The first-order valence-corrected chi connectivity index (χ1v) is 11.0. The van der Waals surface area contributed by atoms with Crippen molar-refractivity contribution in [2.24, 2.45) is 0 Å². The monoisotopic (exact) mass is 465 g/mol. The van der Waals surface area contributed by atoms with E-state index in [9.17, 15) is 4.79 Å². The number of nitrogens with one attached hydrogen (secondary N) is 1. The second-order valence-corrected chi connectivity index (χ2v) is 8.55. The number of carbonyl (C=O) groups is 1. The van der Waals surface area contributed by atoms with Crippen LogP contribution in [0.2, 0.25) is 5.02 Å². The molecular weight excluding hydrogens is 446 g/mol. The van der Waals surface area contributed by atoms with E-state index in [2.05, 4.69) is 20.5 Å². The predicted molar refractivity (Wildman–Crippen MR) is 127 cm³/mol. The highest BCUT2D eigenvalue weighted by atomic mass is 35.5. The van der Waals surface area contributed by atoms with Gasteiger partial charge in [0.2, 0.25) is 5.91 Å². The van der Waals surface area contributed by atoms with Crippen LogP contribution in [0.4, 0.5) is 5.69 Å². The van der Waals surface area contributed by atoms with Gasteiger partial charge in [0.05, 0.1) is 18.0 Å². The molecule has 0 spiro atoms. The zero-order valence-corrected chi connectivity index (χ0v) is 19.0. The predicted octanol–water partition coefficient (Wildman–Crippen LogP) is 5.11. The van der Waals surface area contributed by atoms with Crippen molar-refractivity contribution in [1.82, 2.24) is 19.7 Å². The number of thioether (sulfide) groups is 1. The summed E-state index contributed by atoms with van der Waals surface area (Å²) in [6.07, 6.45) is 3.40. The molecule has 0 saturated carbocycles. The largest absolute Gasteiger partial charge is 0.495 e. The number of rotatable bonds is 7. The van der Waals surface area contributed by atoms with Gasteiger partial charge < -0.3 is 10.1 Å². The number of amides is 1. The molecule has 0 saturated heterocycles. The lowest BCUT2D eigenvalue weighted by molar-refractivity contribution is -0.115. The molecule has 32 heavy (non-hydrogen) atoms. The van der Waals surface area contributed by atoms with Crippen molar-refractivity contribution in [3.05, 3.63) is 78.1 Å². The minimum atomic E-state index is -0.444. The van der Waals surface area contributed by atoms with E-state index in [1.165, 1.54) is 11.8 Å². The van der Waals surface area contributed by atoms with Crippen LogP contribution in [0, 0.1) is 0 Å². The summed E-state index contributed by atoms with van der Waals surface area (Å²) >= 11 is 7.39. The van der Waals surface area contributed by atoms with Crippen LogP contribution >= 0.6 is 23.4 Å². The van der Waals surface area contributed by atoms with Crippen LogP contribution in [-0.4, -0.2) is 38.0 Å². The summed E-state index contributed by atoms with van der Waals surface area (Å²) < 4.78 is 7.23. The number of hydrogen-bond donors (Lipinski definition) is 1. The Bertz CT molecular complexity index is 1210. The average Bonchev–Trinajstić information content (AvgIpc) is 3.24. The van der Waals surface area contributed by atoms with Gasteiger partial charge in [-0.05, 0) is 55.5 Å². The van der Waals surface area contributed by atoms with E-state index in [-0.39, 0.29) is 5.91 Å². The van der Waals surface area contributed by atoms with Crippen LogP contribution in [0.5, 0.6) is 5.75 Å². The van der Waals surface area contributed by atoms with Gasteiger partial charge in [-0.3, -0.25) is 14.3 Å². The minimum absolute atomic E-state index is 0.171. The van der Waals surface area contributed by atoms with Gasteiger partial charge in [-0.1, -0.05) is 35.5 Å². The smallest absolute Gasteiger partial charge is 0.237 e. The molecule has 2 aromatic carbocycles. The Morgan fingerprint density at radius 1 is 1.06 bits per heavy atom. The first-order chi connectivity index (χ1) is 15.6. The van der Waals surface area contributed by atoms with Crippen molar-refractivity contribution >= 4 is 35.0 Å². The first-order valence-electron chi connectivity index (χ1n) is 9.79. The number of carbonyl (C=O) groups excluding carboxylic acids is 1. The maximum absolute atomic E-state index is 12.9. The number of halogens is 1. The van der Waals surface area contributed by atoms with Gasteiger partial charge in [-0.2, -0.15) is 0 Å². The lowest BCUT2D eigenvalue weighted by atomic mass is 10.2. The van der Waals surface area contributed by atoms with E-state index in [0.717, 1.165) is 11.3 Å². The number of hydrogen-bond acceptors (Lipinski definition) is 6. The fraction of sp³-hybridized carbons (Fsp3) is 0.130. The van der Waals surface area contributed by atoms with Crippen molar-refractivity contribution in [3.8, 4) is 22.8 Å². The zero-order chi connectivity index (χ0) is 22.5. The fourth-order valence-corrected chi connectivity index (χ4v) is 4.04. The van der Waals surface area contributed by atoms with Crippen molar-refractivity contribution in [1.29, 1.82) is 0 Å². The number of aromatic nitrogens is 4. The highest BCUT2D eigenvalue weighted by Gasteiger charge is 2.22. The second kappa shape index (κ2) is 9.84. The molecule has 0 bridgehead atoms. The molecule has 0 aliphatic rings. The summed E-state index contributed by atoms with van der Waals surface area (Å²) in [5.74, 6) is 1.08. The molecule has 2 aromatic heterocycles. The van der Waals surface area contributed by atoms with Gasteiger partial charge in [0.15, 0.2) is 11.0 Å². The Labute approximate surface area is 194 Å². The molecule has 0 radical (unpaired) electrons. The van der Waals surface area contributed by atoms with Crippen molar-refractivity contribution in [2.75, 3.05) is 12.4 Å². The number of para-hydroxylation sites is 2. The quantitative estimate of drug-likeness (QED) is 0.382. The van der Waals surface area contributed by atoms with Gasteiger partial charge in [0.1, 0.15) is 5.75 Å². The molecule has 2 heterocycles. The van der Waals surface area contributed by atoms with Gasteiger partial charge in [0, 0.05) is 28.7 Å². The van der Waals surface area contributed by atoms with E-state index in [1.54, 1.807) is 43.8 Å².